The zero-order valence-electron chi connectivity index (χ0n) is 11.1. The summed E-state index contributed by atoms with van der Waals surface area (Å²) >= 11 is 5.80. The number of nitrogens with zero attached hydrogens (tertiary/aromatic N) is 3. The van der Waals surface area contributed by atoms with Crippen molar-refractivity contribution in [1.82, 2.24) is 15.0 Å². The molecule has 108 valence electrons. The van der Waals surface area contributed by atoms with Crippen molar-refractivity contribution in [2.24, 2.45) is 0 Å². The van der Waals surface area contributed by atoms with Gasteiger partial charge >= 0.3 is 0 Å². The minimum absolute atomic E-state index is 0.156. The standard InChI is InChI=1S/C13H16ClN3O3/c1-19-9-13-12(8-18)15-16-17(13)6-7-20-11-4-2-10(14)3-5-11/h2-5,18H,6-9H2,1H3. The van der Waals surface area contributed by atoms with Gasteiger partial charge in [0.15, 0.2) is 0 Å². The van der Waals surface area contributed by atoms with Crippen molar-refractivity contribution in [2.45, 2.75) is 19.8 Å². The molecular formula is C13H16ClN3O3. The Kier molecular flexibility index (Phi) is 5.34. The summed E-state index contributed by atoms with van der Waals surface area (Å²) in [6, 6.07) is 7.15. The van der Waals surface area contributed by atoms with Crippen molar-refractivity contribution in [2.75, 3.05) is 13.7 Å². The zero-order valence-corrected chi connectivity index (χ0v) is 11.9. The molecule has 6 nitrogen and oxygen atoms in total. The number of benzene rings is 1. The Morgan fingerprint density at radius 2 is 2.05 bits per heavy atom. The highest BCUT2D eigenvalue weighted by atomic mass is 35.5. The molecule has 0 unspecified atom stereocenters. The fourth-order valence-corrected chi connectivity index (χ4v) is 1.87. The van der Waals surface area contributed by atoms with Gasteiger partial charge in [-0.3, -0.25) is 0 Å². The Bertz CT molecular complexity index is 542. The first-order valence-electron chi connectivity index (χ1n) is 6.14. The molecular weight excluding hydrogens is 282 g/mol. The molecule has 0 spiro atoms. The summed E-state index contributed by atoms with van der Waals surface area (Å²) in [5.41, 5.74) is 1.29. The molecule has 1 heterocycles. The smallest absolute Gasteiger partial charge is 0.119 e. The molecule has 0 atom stereocenters. The van der Waals surface area contributed by atoms with Crippen molar-refractivity contribution < 1.29 is 14.6 Å². The molecule has 2 rings (SSSR count). The highest BCUT2D eigenvalue weighted by molar-refractivity contribution is 6.30. The molecule has 1 aromatic carbocycles. The second kappa shape index (κ2) is 7.23. The van der Waals surface area contributed by atoms with Crippen molar-refractivity contribution >= 4 is 11.6 Å². The summed E-state index contributed by atoms with van der Waals surface area (Å²) in [4.78, 5) is 0. The maximum absolute atomic E-state index is 9.17. The van der Waals surface area contributed by atoms with Crippen molar-refractivity contribution in [3.8, 4) is 5.75 Å². The Morgan fingerprint density at radius 1 is 1.30 bits per heavy atom. The van der Waals surface area contributed by atoms with Gasteiger partial charge in [-0.2, -0.15) is 0 Å². The minimum atomic E-state index is -0.156. The van der Waals surface area contributed by atoms with Gasteiger partial charge < -0.3 is 14.6 Å². The SMILES string of the molecule is COCc1c(CO)nnn1CCOc1ccc(Cl)cc1. The molecule has 7 heteroatoms. The van der Waals surface area contributed by atoms with Crippen LogP contribution in [0.15, 0.2) is 24.3 Å². The topological polar surface area (TPSA) is 69.4 Å². The van der Waals surface area contributed by atoms with E-state index in [1.54, 1.807) is 36.1 Å². The first-order valence-corrected chi connectivity index (χ1v) is 6.51. The van der Waals surface area contributed by atoms with Gasteiger partial charge in [-0.15, -0.1) is 5.10 Å². The van der Waals surface area contributed by atoms with Crippen molar-refractivity contribution in [3.63, 3.8) is 0 Å². The molecule has 0 fully saturated rings. The molecule has 20 heavy (non-hydrogen) atoms. The van der Waals surface area contributed by atoms with E-state index in [0.29, 0.717) is 30.5 Å². The summed E-state index contributed by atoms with van der Waals surface area (Å²) in [6.07, 6.45) is 0. The molecule has 1 N–H and O–H groups in total. The number of aliphatic hydroxyl groups excluding tert-OH is 1. The van der Waals surface area contributed by atoms with E-state index in [4.69, 9.17) is 21.1 Å². The summed E-state index contributed by atoms with van der Waals surface area (Å²) in [7, 11) is 1.59. The van der Waals surface area contributed by atoms with Crippen LogP contribution >= 0.6 is 11.6 Å². The molecule has 0 amide bonds. The highest BCUT2D eigenvalue weighted by Gasteiger charge is 2.11. The number of aromatic nitrogens is 3. The second-order valence-electron chi connectivity index (χ2n) is 4.10. The Morgan fingerprint density at radius 3 is 2.70 bits per heavy atom. The van der Waals surface area contributed by atoms with Crippen molar-refractivity contribution in [3.05, 3.63) is 40.7 Å². The van der Waals surface area contributed by atoms with Gasteiger partial charge in [-0.25, -0.2) is 4.68 Å². The van der Waals surface area contributed by atoms with E-state index >= 15 is 0 Å². The lowest BCUT2D eigenvalue weighted by Crippen LogP contribution is -2.13. The summed E-state index contributed by atoms with van der Waals surface area (Å²) < 4.78 is 12.3. The van der Waals surface area contributed by atoms with Crippen LogP contribution in [-0.4, -0.2) is 33.8 Å². The average Bonchev–Trinajstić information content (AvgIpc) is 2.84. The fraction of sp³-hybridized carbons (Fsp3) is 0.385. The third-order valence-corrected chi connectivity index (χ3v) is 2.99. The number of halogens is 1. The van der Waals surface area contributed by atoms with Gasteiger partial charge in [0.1, 0.15) is 18.1 Å². The normalized spacial score (nSPS) is 10.8. The van der Waals surface area contributed by atoms with E-state index in [0.717, 1.165) is 11.4 Å². The van der Waals surface area contributed by atoms with Crippen LogP contribution in [0.2, 0.25) is 5.02 Å². The summed E-state index contributed by atoms with van der Waals surface area (Å²) in [6.45, 7) is 1.15. The van der Waals surface area contributed by atoms with Crippen molar-refractivity contribution in [1.29, 1.82) is 0 Å². The zero-order chi connectivity index (χ0) is 14.4. The van der Waals surface area contributed by atoms with E-state index in [1.807, 2.05) is 0 Å². The van der Waals surface area contributed by atoms with Gasteiger partial charge in [-0.1, -0.05) is 16.8 Å². The first-order chi connectivity index (χ1) is 9.74. The number of aliphatic hydroxyl groups is 1. The first kappa shape index (κ1) is 14.8. The Labute approximate surface area is 121 Å². The minimum Gasteiger partial charge on any atom is -0.492 e. The summed E-state index contributed by atoms with van der Waals surface area (Å²) in [5.74, 6) is 0.741. The monoisotopic (exact) mass is 297 g/mol. The van der Waals surface area contributed by atoms with Crippen LogP contribution in [0, 0.1) is 0 Å². The van der Waals surface area contributed by atoms with Crippen LogP contribution in [0.25, 0.3) is 0 Å². The van der Waals surface area contributed by atoms with E-state index in [2.05, 4.69) is 10.3 Å². The largest absolute Gasteiger partial charge is 0.492 e. The fourth-order valence-electron chi connectivity index (χ4n) is 1.75. The molecule has 0 aliphatic carbocycles. The number of ether oxygens (including phenoxy) is 2. The maximum Gasteiger partial charge on any atom is 0.119 e. The maximum atomic E-state index is 9.17. The Hall–Kier alpha value is -1.63. The lowest BCUT2D eigenvalue weighted by molar-refractivity contribution is 0.170. The number of hydrogen-bond acceptors (Lipinski definition) is 5. The number of methoxy groups -OCH3 is 1. The number of hydrogen-bond donors (Lipinski definition) is 1. The quantitative estimate of drug-likeness (QED) is 0.841. The van der Waals surface area contributed by atoms with E-state index < -0.39 is 0 Å². The molecule has 0 saturated carbocycles. The van der Waals surface area contributed by atoms with Crippen LogP contribution in [0.4, 0.5) is 0 Å². The van der Waals surface area contributed by atoms with Crippen LogP contribution in [0.3, 0.4) is 0 Å². The Balaban J connectivity index is 1.93. The summed E-state index contributed by atoms with van der Waals surface area (Å²) in [5, 5.41) is 17.7. The predicted molar refractivity (Wildman–Crippen MR) is 73.6 cm³/mol. The molecule has 0 aliphatic heterocycles. The van der Waals surface area contributed by atoms with Crippen LogP contribution in [-0.2, 0) is 24.5 Å². The third-order valence-electron chi connectivity index (χ3n) is 2.73. The van der Waals surface area contributed by atoms with Gasteiger partial charge in [-0.05, 0) is 24.3 Å². The molecule has 1 aromatic heterocycles. The van der Waals surface area contributed by atoms with Gasteiger partial charge in [0, 0.05) is 12.1 Å². The van der Waals surface area contributed by atoms with E-state index in [1.165, 1.54) is 0 Å². The van der Waals surface area contributed by atoms with Gasteiger partial charge in [0.05, 0.1) is 25.5 Å². The van der Waals surface area contributed by atoms with Gasteiger partial charge in [0.25, 0.3) is 0 Å². The highest BCUT2D eigenvalue weighted by Crippen LogP contribution is 2.15. The lowest BCUT2D eigenvalue weighted by Gasteiger charge is -2.08. The molecule has 0 aliphatic rings. The molecule has 2 aromatic rings. The molecule has 0 saturated heterocycles. The van der Waals surface area contributed by atoms with Gasteiger partial charge in [0.2, 0.25) is 0 Å². The second-order valence-corrected chi connectivity index (χ2v) is 4.54. The predicted octanol–water partition coefficient (Wildman–Crippen LogP) is 1.65. The average molecular weight is 298 g/mol. The number of rotatable bonds is 7. The van der Waals surface area contributed by atoms with Crippen LogP contribution < -0.4 is 4.74 Å². The van der Waals surface area contributed by atoms with Crippen LogP contribution in [0.1, 0.15) is 11.4 Å². The van der Waals surface area contributed by atoms with E-state index in [9.17, 15) is 5.11 Å². The molecule has 0 bridgehead atoms. The van der Waals surface area contributed by atoms with E-state index in [-0.39, 0.29) is 6.61 Å². The van der Waals surface area contributed by atoms with Crippen LogP contribution in [0.5, 0.6) is 5.75 Å². The molecule has 0 radical (unpaired) electrons. The third kappa shape index (κ3) is 3.69. The lowest BCUT2D eigenvalue weighted by atomic mass is 10.3.